The summed E-state index contributed by atoms with van der Waals surface area (Å²) in [6.07, 6.45) is 2.08. The van der Waals surface area contributed by atoms with E-state index in [9.17, 15) is 4.79 Å². The highest BCUT2D eigenvalue weighted by atomic mass is 16.1. The van der Waals surface area contributed by atoms with E-state index in [1.807, 2.05) is 6.07 Å². The van der Waals surface area contributed by atoms with E-state index in [1.54, 1.807) is 12.1 Å². The summed E-state index contributed by atoms with van der Waals surface area (Å²) < 4.78 is 0. The molecule has 0 spiro atoms. The van der Waals surface area contributed by atoms with Gasteiger partial charge in [0.2, 0.25) is 0 Å². The number of carbonyl (C=O) groups is 1. The number of hydrogen-bond donors (Lipinski definition) is 2. The second-order valence-electron chi connectivity index (χ2n) is 2.66. The van der Waals surface area contributed by atoms with E-state index >= 15 is 0 Å². The first-order chi connectivity index (χ1) is 5.74. The Balaban J connectivity index is 2.78. The molecule has 0 amide bonds. The molecular formula is C9H12N2O. The Morgan fingerprint density at radius 2 is 2.08 bits per heavy atom. The molecule has 1 aromatic rings. The van der Waals surface area contributed by atoms with Gasteiger partial charge < -0.3 is 16.3 Å². The lowest BCUT2D eigenvalue weighted by molar-refractivity contribution is -0.107. The Morgan fingerprint density at radius 1 is 1.33 bits per heavy atom. The second kappa shape index (κ2) is 3.76. The lowest BCUT2D eigenvalue weighted by Gasteiger charge is -2.03. The highest BCUT2D eigenvalue weighted by Crippen LogP contribution is 2.16. The number of carbonyl (C=O) groups excluding carboxylic acids is 1. The van der Waals surface area contributed by atoms with E-state index in [0.717, 1.165) is 11.8 Å². The molecule has 0 atom stereocenters. The number of aryl methyl sites for hydroxylation is 1. The molecule has 3 heteroatoms. The highest BCUT2D eigenvalue weighted by molar-refractivity contribution is 5.58. The minimum atomic E-state index is 0.508. The average molecular weight is 164 g/mol. The standard InChI is InChI=1S/C9H12N2O/c10-8-4-3-7(2-1-5-12)9(11)6-8/h3-6H,1-2,10-11H2. The molecule has 0 saturated heterocycles. The van der Waals surface area contributed by atoms with E-state index in [0.29, 0.717) is 24.2 Å². The Hall–Kier alpha value is -1.51. The molecule has 0 aliphatic rings. The predicted molar refractivity (Wildman–Crippen MR) is 49.7 cm³/mol. The number of anilines is 2. The minimum absolute atomic E-state index is 0.508. The van der Waals surface area contributed by atoms with Crippen LogP contribution in [0, 0.1) is 0 Å². The third-order valence-corrected chi connectivity index (χ3v) is 1.70. The molecular weight excluding hydrogens is 152 g/mol. The van der Waals surface area contributed by atoms with E-state index in [4.69, 9.17) is 11.5 Å². The Kier molecular flexibility index (Phi) is 2.69. The summed E-state index contributed by atoms with van der Waals surface area (Å²) in [5, 5.41) is 0. The van der Waals surface area contributed by atoms with Gasteiger partial charge in [-0.2, -0.15) is 0 Å². The van der Waals surface area contributed by atoms with Gasteiger partial charge in [-0.1, -0.05) is 6.07 Å². The quantitative estimate of drug-likeness (QED) is 0.517. The van der Waals surface area contributed by atoms with Crippen LogP contribution in [0.2, 0.25) is 0 Å². The molecule has 0 bridgehead atoms. The van der Waals surface area contributed by atoms with Crippen molar-refractivity contribution in [1.82, 2.24) is 0 Å². The van der Waals surface area contributed by atoms with Crippen molar-refractivity contribution in [3.05, 3.63) is 23.8 Å². The molecule has 0 heterocycles. The normalized spacial score (nSPS) is 9.67. The van der Waals surface area contributed by atoms with E-state index in [2.05, 4.69) is 0 Å². The summed E-state index contributed by atoms with van der Waals surface area (Å²) in [4.78, 5) is 10.1. The monoisotopic (exact) mass is 164 g/mol. The Bertz CT molecular complexity index is 284. The number of benzene rings is 1. The maximum Gasteiger partial charge on any atom is 0.120 e. The molecule has 0 aliphatic carbocycles. The van der Waals surface area contributed by atoms with Gasteiger partial charge in [0, 0.05) is 17.8 Å². The summed E-state index contributed by atoms with van der Waals surface area (Å²) in [6, 6.07) is 5.35. The number of hydrogen-bond acceptors (Lipinski definition) is 3. The molecule has 0 unspecified atom stereocenters. The van der Waals surface area contributed by atoms with Crippen LogP contribution in [0.3, 0.4) is 0 Å². The Morgan fingerprint density at radius 3 is 2.67 bits per heavy atom. The SMILES string of the molecule is Nc1ccc(CCC=O)c(N)c1. The van der Waals surface area contributed by atoms with E-state index < -0.39 is 0 Å². The fraction of sp³-hybridized carbons (Fsp3) is 0.222. The molecule has 12 heavy (non-hydrogen) atoms. The van der Waals surface area contributed by atoms with Crippen LogP contribution in [0.5, 0.6) is 0 Å². The van der Waals surface area contributed by atoms with Gasteiger partial charge >= 0.3 is 0 Å². The van der Waals surface area contributed by atoms with Crippen LogP contribution in [-0.4, -0.2) is 6.29 Å². The summed E-state index contributed by atoms with van der Waals surface area (Å²) in [5.41, 5.74) is 13.5. The van der Waals surface area contributed by atoms with Gasteiger partial charge in [-0.15, -0.1) is 0 Å². The van der Waals surface area contributed by atoms with E-state index in [-0.39, 0.29) is 0 Å². The topological polar surface area (TPSA) is 69.1 Å². The summed E-state index contributed by atoms with van der Waals surface area (Å²) in [6.45, 7) is 0. The van der Waals surface area contributed by atoms with Crippen molar-refractivity contribution in [2.75, 3.05) is 11.5 Å². The summed E-state index contributed by atoms with van der Waals surface area (Å²) in [7, 11) is 0. The molecule has 0 aromatic heterocycles. The number of nitrogen functional groups attached to an aromatic ring is 2. The molecule has 3 nitrogen and oxygen atoms in total. The first kappa shape index (κ1) is 8.59. The lowest BCUT2D eigenvalue weighted by atomic mass is 10.1. The van der Waals surface area contributed by atoms with Crippen molar-refractivity contribution >= 4 is 17.7 Å². The zero-order valence-corrected chi connectivity index (χ0v) is 6.79. The zero-order valence-electron chi connectivity index (χ0n) is 6.79. The Labute approximate surface area is 71.4 Å². The van der Waals surface area contributed by atoms with Crippen molar-refractivity contribution in [3.63, 3.8) is 0 Å². The fourth-order valence-electron chi connectivity index (χ4n) is 1.06. The molecule has 1 aromatic carbocycles. The maximum absolute atomic E-state index is 10.1. The van der Waals surface area contributed by atoms with Gasteiger partial charge in [-0.25, -0.2) is 0 Å². The molecule has 0 aliphatic heterocycles. The van der Waals surface area contributed by atoms with Gasteiger partial charge in [-0.05, 0) is 24.1 Å². The van der Waals surface area contributed by atoms with E-state index in [1.165, 1.54) is 0 Å². The van der Waals surface area contributed by atoms with Crippen molar-refractivity contribution < 1.29 is 4.79 Å². The average Bonchev–Trinajstić information content (AvgIpc) is 2.03. The molecule has 0 radical (unpaired) electrons. The van der Waals surface area contributed by atoms with Gasteiger partial charge in [-0.3, -0.25) is 0 Å². The summed E-state index contributed by atoms with van der Waals surface area (Å²) in [5.74, 6) is 0. The first-order valence-electron chi connectivity index (χ1n) is 3.81. The number of aldehydes is 1. The predicted octanol–water partition coefficient (Wildman–Crippen LogP) is 0.983. The molecule has 1 rings (SSSR count). The lowest BCUT2D eigenvalue weighted by Crippen LogP contribution is -1.96. The van der Waals surface area contributed by atoms with Crippen LogP contribution in [0.15, 0.2) is 18.2 Å². The van der Waals surface area contributed by atoms with Crippen LogP contribution in [0.1, 0.15) is 12.0 Å². The van der Waals surface area contributed by atoms with Gasteiger partial charge in [0.1, 0.15) is 6.29 Å². The zero-order chi connectivity index (χ0) is 8.97. The van der Waals surface area contributed by atoms with Crippen molar-refractivity contribution in [1.29, 1.82) is 0 Å². The number of rotatable bonds is 3. The van der Waals surface area contributed by atoms with Crippen molar-refractivity contribution in [2.24, 2.45) is 0 Å². The van der Waals surface area contributed by atoms with Crippen LogP contribution in [0.4, 0.5) is 11.4 Å². The van der Waals surface area contributed by atoms with Gasteiger partial charge in [0.15, 0.2) is 0 Å². The fourth-order valence-corrected chi connectivity index (χ4v) is 1.06. The minimum Gasteiger partial charge on any atom is -0.399 e. The highest BCUT2D eigenvalue weighted by Gasteiger charge is 1.98. The first-order valence-corrected chi connectivity index (χ1v) is 3.81. The smallest absolute Gasteiger partial charge is 0.120 e. The largest absolute Gasteiger partial charge is 0.399 e. The molecule has 0 saturated carbocycles. The maximum atomic E-state index is 10.1. The van der Waals surface area contributed by atoms with Gasteiger partial charge in [0.25, 0.3) is 0 Å². The third-order valence-electron chi connectivity index (χ3n) is 1.70. The third kappa shape index (κ3) is 1.99. The van der Waals surface area contributed by atoms with Crippen LogP contribution in [-0.2, 0) is 11.2 Å². The van der Waals surface area contributed by atoms with Crippen LogP contribution < -0.4 is 11.5 Å². The number of nitrogens with two attached hydrogens (primary N) is 2. The van der Waals surface area contributed by atoms with Gasteiger partial charge in [0.05, 0.1) is 0 Å². The van der Waals surface area contributed by atoms with Crippen LogP contribution in [0.25, 0.3) is 0 Å². The molecule has 64 valence electrons. The van der Waals surface area contributed by atoms with Crippen molar-refractivity contribution in [3.8, 4) is 0 Å². The summed E-state index contributed by atoms with van der Waals surface area (Å²) >= 11 is 0. The van der Waals surface area contributed by atoms with Crippen LogP contribution >= 0.6 is 0 Å². The second-order valence-corrected chi connectivity index (χ2v) is 2.66. The molecule has 0 fully saturated rings. The van der Waals surface area contributed by atoms with Crippen molar-refractivity contribution in [2.45, 2.75) is 12.8 Å². The molecule has 4 N–H and O–H groups in total.